The van der Waals surface area contributed by atoms with Gasteiger partial charge in [-0.2, -0.15) is 4.89 Å². The molecule has 0 aliphatic heterocycles. The van der Waals surface area contributed by atoms with E-state index in [4.69, 9.17) is 9.78 Å². The van der Waals surface area contributed by atoms with Crippen LogP contribution in [0, 0.1) is 5.92 Å². The van der Waals surface area contributed by atoms with Crippen molar-refractivity contribution in [1.29, 1.82) is 0 Å². The molecule has 0 saturated carbocycles. The van der Waals surface area contributed by atoms with E-state index in [9.17, 15) is 4.79 Å². The van der Waals surface area contributed by atoms with Crippen LogP contribution >= 0.6 is 0 Å². The van der Waals surface area contributed by atoms with Crippen LogP contribution in [0.5, 0.6) is 0 Å². The molecule has 0 fully saturated rings. The molecule has 0 aliphatic rings. The van der Waals surface area contributed by atoms with E-state index in [1.165, 1.54) is 44.9 Å². The van der Waals surface area contributed by atoms with Crippen molar-refractivity contribution in [1.82, 2.24) is 0 Å². The molecule has 1 aromatic carbocycles. The zero-order chi connectivity index (χ0) is 19.0. The minimum absolute atomic E-state index is 0.364. The highest BCUT2D eigenvalue weighted by Crippen LogP contribution is 2.21. The maximum Gasteiger partial charge on any atom is 0.373 e. The average molecular weight is 363 g/mol. The SMILES string of the molecule is CCCCCCCCOOC(=O)c1ccccc1CC(CC)CCCC. The fraction of sp³-hybridized carbons (Fsp3) is 0.696. The monoisotopic (exact) mass is 362 g/mol. The first-order chi connectivity index (χ1) is 12.7. The van der Waals surface area contributed by atoms with Gasteiger partial charge in [0, 0.05) is 0 Å². The van der Waals surface area contributed by atoms with Crippen LogP contribution in [-0.4, -0.2) is 12.6 Å². The fourth-order valence-corrected chi connectivity index (χ4v) is 3.23. The van der Waals surface area contributed by atoms with Gasteiger partial charge in [0.05, 0.1) is 12.2 Å². The molecular formula is C23H38O3. The summed E-state index contributed by atoms with van der Waals surface area (Å²) in [6.07, 6.45) is 12.9. The van der Waals surface area contributed by atoms with Gasteiger partial charge in [-0.1, -0.05) is 96.8 Å². The Kier molecular flexibility index (Phi) is 12.9. The highest BCUT2D eigenvalue weighted by atomic mass is 17.2. The number of unbranched alkanes of at least 4 members (excludes halogenated alkanes) is 6. The second kappa shape index (κ2) is 14.8. The maximum atomic E-state index is 12.4. The third-order valence-electron chi connectivity index (χ3n) is 5.00. The second-order valence-corrected chi connectivity index (χ2v) is 7.24. The number of rotatable bonds is 15. The van der Waals surface area contributed by atoms with Crippen LogP contribution in [0.4, 0.5) is 0 Å². The van der Waals surface area contributed by atoms with Gasteiger partial charge in [0.2, 0.25) is 0 Å². The van der Waals surface area contributed by atoms with E-state index < -0.39 is 0 Å². The van der Waals surface area contributed by atoms with Crippen LogP contribution in [0.15, 0.2) is 24.3 Å². The first kappa shape index (κ1) is 22.7. The van der Waals surface area contributed by atoms with Crippen LogP contribution < -0.4 is 0 Å². The van der Waals surface area contributed by atoms with E-state index >= 15 is 0 Å². The van der Waals surface area contributed by atoms with Crippen molar-refractivity contribution >= 4 is 5.97 Å². The predicted molar refractivity (Wildman–Crippen MR) is 108 cm³/mol. The Bertz CT molecular complexity index is 484. The van der Waals surface area contributed by atoms with Gasteiger partial charge < -0.3 is 0 Å². The molecule has 1 atom stereocenters. The molecule has 0 N–H and O–H groups in total. The van der Waals surface area contributed by atoms with Crippen LogP contribution in [-0.2, 0) is 16.2 Å². The number of carbonyl (C=O) groups excluding carboxylic acids is 1. The highest BCUT2D eigenvalue weighted by Gasteiger charge is 2.16. The number of carbonyl (C=O) groups is 1. The molecule has 0 saturated heterocycles. The normalized spacial score (nSPS) is 12.1. The Morgan fingerprint density at radius 2 is 1.62 bits per heavy atom. The minimum atomic E-state index is -0.364. The summed E-state index contributed by atoms with van der Waals surface area (Å²) in [6, 6.07) is 7.77. The summed E-state index contributed by atoms with van der Waals surface area (Å²) in [4.78, 5) is 22.6. The van der Waals surface area contributed by atoms with Crippen molar-refractivity contribution in [2.75, 3.05) is 6.61 Å². The lowest BCUT2D eigenvalue weighted by Crippen LogP contribution is -2.12. The smallest absolute Gasteiger partial charge is 0.293 e. The highest BCUT2D eigenvalue weighted by molar-refractivity contribution is 5.90. The molecule has 3 nitrogen and oxygen atoms in total. The number of benzene rings is 1. The Labute approximate surface area is 160 Å². The summed E-state index contributed by atoms with van der Waals surface area (Å²) in [7, 11) is 0. The number of hydrogen-bond donors (Lipinski definition) is 0. The summed E-state index contributed by atoms with van der Waals surface area (Å²) in [5.74, 6) is 0.255. The predicted octanol–water partition coefficient (Wildman–Crippen LogP) is 6.89. The van der Waals surface area contributed by atoms with E-state index in [1.54, 1.807) is 0 Å². The van der Waals surface area contributed by atoms with Gasteiger partial charge in [0.15, 0.2) is 0 Å². The van der Waals surface area contributed by atoms with E-state index in [-0.39, 0.29) is 5.97 Å². The van der Waals surface area contributed by atoms with E-state index in [2.05, 4.69) is 20.8 Å². The molecule has 0 bridgehead atoms. The molecule has 0 spiro atoms. The molecule has 1 aromatic rings. The van der Waals surface area contributed by atoms with Crippen molar-refractivity contribution in [2.24, 2.45) is 5.92 Å². The third-order valence-corrected chi connectivity index (χ3v) is 5.00. The van der Waals surface area contributed by atoms with Gasteiger partial charge in [-0.15, -0.1) is 0 Å². The van der Waals surface area contributed by atoms with Gasteiger partial charge in [0.25, 0.3) is 0 Å². The minimum Gasteiger partial charge on any atom is -0.293 e. The van der Waals surface area contributed by atoms with E-state index in [1.807, 2.05) is 24.3 Å². The lowest BCUT2D eigenvalue weighted by Gasteiger charge is -2.16. The summed E-state index contributed by atoms with van der Waals surface area (Å²) in [5.41, 5.74) is 1.72. The average Bonchev–Trinajstić information content (AvgIpc) is 2.67. The summed E-state index contributed by atoms with van der Waals surface area (Å²) < 4.78 is 0. The molecule has 0 heterocycles. The Balaban J connectivity index is 2.41. The van der Waals surface area contributed by atoms with Crippen molar-refractivity contribution < 1.29 is 14.6 Å². The maximum absolute atomic E-state index is 12.4. The lowest BCUT2D eigenvalue weighted by molar-refractivity contribution is -0.241. The molecule has 0 aliphatic carbocycles. The van der Waals surface area contributed by atoms with Crippen LogP contribution in [0.25, 0.3) is 0 Å². The molecule has 3 heteroatoms. The topological polar surface area (TPSA) is 35.5 Å². The Morgan fingerprint density at radius 3 is 2.35 bits per heavy atom. The molecule has 0 aromatic heterocycles. The number of hydrogen-bond acceptors (Lipinski definition) is 3. The first-order valence-electron chi connectivity index (χ1n) is 10.6. The zero-order valence-electron chi connectivity index (χ0n) is 17.1. The summed E-state index contributed by atoms with van der Waals surface area (Å²) >= 11 is 0. The lowest BCUT2D eigenvalue weighted by atomic mass is 9.90. The Hall–Kier alpha value is -1.35. The van der Waals surface area contributed by atoms with E-state index in [0.717, 1.165) is 31.2 Å². The summed E-state index contributed by atoms with van der Waals surface area (Å²) in [5, 5.41) is 0. The fourth-order valence-electron chi connectivity index (χ4n) is 3.23. The van der Waals surface area contributed by atoms with Crippen LogP contribution in [0.1, 0.15) is 101 Å². The molecular weight excluding hydrogens is 324 g/mol. The zero-order valence-corrected chi connectivity index (χ0v) is 17.1. The Morgan fingerprint density at radius 1 is 0.923 bits per heavy atom. The van der Waals surface area contributed by atoms with Gasteiger partial charge >= 0.3 is 5.97 Å². The standard InChI is InChI=1S/C23H38O3/c1-4-7-9-10-11-14-18-25-26-23(24)22-17-13-12-16-21(22)19-20(6-3)15-8-5-2/h12-13,16-17,20H,4-11,14-15,18-19H2,1-3H3. The second-order valence-electron chi connectivity index (χ2n) is 7.24. The van der Waals surface area contributed by atoms with Crippen molar-refractivity contribution in [3.63, 3.8) is 0 Å². The van der Waals surface area contributed by atoms with Gasteiger partial charge in [-0.25, -0.2) is 4.79 Å². The molecule has 1 rings (SSSR count). The molecule has 1 unspecified atom stereocenters. The third kappa shape index (κ3) is 9.38. The van der Waals surface area contributed by atoms with Gasteiger partial charge in [-0.05, 0) is 30.4 Å². The first-order valence-corrected chi connectivity index (χ1v) is 10.6. The molecule has 148 valence electrons. The van der Waals surface area contributed by atoms with Crippen molar-refractivity contribution in [3.05, 3.63) is 35.4 Å². The van der Waals surface area contributed by atoms with E-state index in [0.29, 0.717) is 18.1 Å². The van der Waals surface area contributed by atoms with Gasteiger partial charge in [0.1, 0.15) is 0 Å². The van der Waals surface area contributed by atoms with Crippen molar-refractivity contribution in [2.45, 2.75) is 91.4 Å². The molecule has 0 radical (unpaired) electrons. The van der Waals surface area contributed by atoms with Crippen molar-refractivity contribution in [3.8, 4) is 0 Å². The van der Waals surface area contributed by atoms with Crippen LogP contribution in [0.3, 0.4) is 0 Å². The molecule has 0 amide bonds. The molecule has 26 heavy (non-hydrogen) atoms. The quantitative estimate of drug-likeness (QED) is 0.193. The largest absolute Gasteiger partial charge is 0.373 e. The van der Waals surface area contributed by atoms with Crippen LogP contribution in [0.2, 0.25) is 0 Å². The van der Waals surface area contributed by atoms with Gasteiger partial charge in [-0.3, -0.25) is 4.89 Å². The summed E-state index contributed by atoms with van der Waals surface area (Å²) in [6.45, 7) is 7.14.